The van der Waals surface area contributed by atoms with Crippen molar-refractivity contribution in [2.24, 2.45) is 7.05 Å². The van der Waals surface area contributed by atoms with Crippen LogP contribution in [-0.2, 0) is 36.3 Å². The van der Waals surface area contributed by atoms with E-state index in [4.69, 9.17) is 4.74 Å². The number of fused-ring (bicyclic) bond motifs is 2. The molecule has 0 bridgehead atoms. The molecule has 0 spiro atoms. The Bertz CT molecular complexity index is 1850. The van der Waals surface area contributed by atoms with Gasteiger partial charge in [-0.2, -0.15) is 13.2 Å². The topological polar surface area (TPSA) is 72.4 Å². The van der Waals surface area contributed by atoms with Gasteiger partial charge >= 0.3 is 6.18 Å². The molecule has 3 aromatic carbocycles. The van der Waals surface area contributed by atoms with Crippen LogP contribution in [-0.4, -0.2) is 45.6 Å². The summed E-state index contributed by atoms with van der Waals surface area (Å²) in [5.41, 5.74) is 4.20. The molecular weight excluding hydrogens is 570 g/mol. The number of ether oxygens (including phenoxy) is 1. The zero-order valence-corrected chi connectivity index (χ0v) is 24.1. The zero-order chi connectivity index (χ0) is 30.2. The average Bonchev–Trinajstić information content (AvgIpc) is 3.17. The summed E-state index contributed by atoms with van der Waals surface area (Å²) < 4.78 is 86.8. The number of nitrogens with one attached hydrogen (secondary N) is 2. The van der Waals surface area contributed by atoms with E-state index in [-0.39, 0.29) is 28.4 Å². The van der Waals surface area contributed by atoms with Crippen LogP contribution in [0.2, 0.25) is 0 Å². The van der Waals surface area contributed by atoms with Crippen LogP contribution < -0.4 is 15.4 Å². The van der Waals surface area contributed by atoms with Crippen molar-refractivity contribution in [1.82, 2.24) is 9.88 Å². The molecule has 11 heteroatoms. The number of methoxy groups -OCH3 is 1. The van der Waals surface area contributed by atoms with Crippen molar-refractivity contribution in [2.75, 3.05) is 31.8 Å². The molecule has 0 atom stereocenters. The molecule has 2 N–H and O–H groups in total. The van der Waals surface area contributed by atoms with Crippen molar-refractivity contribution in [1.29, 1.82) is 0 Å². The number of aromatic nitrogens is 1. The fourth-order valence-electron chi connectivity index (χ4n) is 5.23. The van der Waals surface area contributed by atoms with Gasteiger partial charge in [0.2, 0.25) is 0 Å². The van der Waals surface area contributed by atoms with Gasteiger partial charge in [-0.3, -0.25) is 0 Å². The highest BCUT2D eigenvalue weighted by molar-refractivity contribution is 7.90. The van der Waals surface area contributed by atoms with Gasteiger partial charge < -0.3 is 19.9 Å². The van der Waals surface area contributed by atoms with Crippen molar-refractivity contribution >= 4 is 26.4 Å². The summed E-state index contributed by atoms with van der Waals surface area (Å²) in [6.45, 7) is 1.58. The average molecular weight is 600 g/mol. The van der Waals surface area contributed by atoms with E-state index in [1.165, 1.54) is 43.0 Å². The molecule has 0 radical (unpaired) electrons. The maximum absolute atomic E-state index is 15.5. The van der Waals surface area contributed by atoms with E-state index < -0.39 is 28.3 Å². The zero-order valence-electron chi connectivity index (χ0n) is 23.2. The SMILES string of the molecule is COc1cc(S(C)(=O)=O)ccc1NCC#Cc1c(CC(F)(F)F)n(C)c2cc(-c3ccc4c(c3)CCNC4)c(F)cc12. The number of hydrogen-bond donors (Lipinski definition) is 2. The minimum absolute atomic E-state index is 0.0149. The molecule has 0 amide bonds. The largest absolute Gasteiger partial charge is 0.495 e. The first kappa shape index (κ1) is 29.5. The smallest absolute Gasteiger partial charge is 0.394 e. The van der Waals surface area contributed by atoms with Gasteiger partial charge in [0.15, 0.2) is 9.84 Å². The molecule has 0 fully saturated rings. The third-order valence-electron chi connectivity index (χ3n) is 7.36. The number of rotatable bonds is 6. The molecule has 5 rings (SSSR count). The van der Waals surface area contributed by atoms with Crippen molar-refractivity contribution in [3.63, 3.8) is 0 Å². The van der Waals surface area contributed by atoms with Gasteiger partial charge in [-0.1, -0.05) is 30.0 Å². The van der Waals surface area contributed by atoms with E-state index >= 15 is 4.39 Å². The van der Waals surface area contributed by atoms with Crippen LogP contribution in [0.15, 0.2) is 53.4 Å². The lowest BCUT2D eigenvalue weighted by molar-refractivity contribution is -0.128. The fourth-order valence-corrected chi connectivity index (χ4v) is 5.87. The molecule has 42 heavy (non-hydrogen) atoms. The van der Waals surface area contributed by atoms with E-state index in [0.29, 0.717) is 27.7 Å². The molecule has 6 nitrogen and oxygen atoms in total. The Kier molecular flexibility index (Phi) is 7.96. The second-order valence-electron chi connectivity index (χ2n) is 10.2. The maximum atomic E-state index is 15.5. The van der Waals surface area contributed by atoms with Crippen molar-refractivity contribution < 1.29 is 30.7 Å². The van der Waals surface area contributed by atoms with Gasteiger partial charge in [-0.15, -0.1) is 0 Å². The lowest BCUT2D eigenvalue weighted by Gasteiger charge is -2.18. The number of alkyl halides is 3. The van der Waals surface area contributed by atoms with Crippen LogP contribution in [0.3, 0.4) is 0 Å². The predicted octanol–water partition coefficient (Wildman–Crippen LogP) is 5.61. The third-order valence-corrected chi connectivity index (χ3v) is 8.47. The Morgan fingerprint density at radius 3 is 2.60 bits per heavy atom. The molecule has 1 aromatic heterocycles. The molecule has 220 valence electrons. The molecule has 1 aliphatic heterocycles. The molecule has 1 aliphatic rings. The van der Waals surface area contributed by atoms with E-state index in [2.05, 4.69) is 22.5 Å². The minimum Gasteiger partial charge on any atom is -0.495 e. The highest BCUT2D eigenvalue weighted by Crippen LogP contribution is 2.35. The summed E-state index contributed by atoms with van der Waals surface area (Å²) in [6, 6.07) is 12.9. The standard InChI is InChI=1S/C31H29F4N3O3S/c1-38-28-16-24(20-6-7-21-18-36-12-10-19(21)13-20)26(32)15-25(28)23(29(38)17-31(33,34)35)5-4-11-37-27-9-8-22(42(3,39)40)14-30(27)41-2/h6-9,13-16,36-37H,10-12,17-18H2,1-3H3. The second-order valence-corrected chi connectivity index (χ2v) is 12.2. The summed E-state index contributed by atoms with van der Waals surface area (Å²) >= 11 is 0. The lowest BCUT2D eigenvalue weighted by Crippen LogP contribution is -2.23. The first-order valence-electron chi connectivity index (χ1n) is 13.2. The number of nitrogens with zero attached hydrogens (tertiary/aromatic N) is 1. The van der Waals surface area contributed by atoms with Crippen molar-refractivity contribution in [3.8, 4) is 28.7 Å². The van der Waals surface area contributed by atoms with E-state index in [1.807, 2.05) is 18.2 Å². The third kappa shape index (κ3) is 6.10. The van der Waals surface area contributed by atoms with E-state index in [1.54, 1.807) is 6.07 Å². The number of hydrogen-bond acceptors (Lipinski definition) is 5. The molecule has 4 aromatic rings. The quantitative estimate of drug-likeness (QED) is 0.223. The summed E-state index contributed by atoms with van der Waals surface area (Å²) in [5, 5.41) is 6.60. The Labute approximate surface area is 241 Å². The van der Waals surface area contributed by atoms with Crippen molar-refractivity contribution in [3.05, 3.63) is 76.7 Å². The van der Waals surface area contributed by atoms with Crippen LogP contribution in [0, 0.1) is 17.7 Å². The summed E-state index contributed by atoms with van der Waals surface area (Å²) in [5.74, 6) is 5.39. The molecular formula is C31H29F4N3O3S. The van der Waals surface area contributed by atoms with Crippen LogP contribution in [0.25, 0.3) is 22.0 Å². The monoisotopic (exact) mass is 599 g/mol. The Hall–Kier alpha value is -4.01. The molecule has 0 saturated heterocycles. The number of aryl methyl sites for hydroxylation is 1. The summed E-state index contributed by atoms with van der Waals surface area (Å²) in [7, 11) is -0.524. The van der Waals surface area contributed by atoms with Crippen LogP contribution >= 0.6 is 0 Å². The Morgan fingerprint density at radius 2 is 1.88 bits per heavy atom. The first-order valence-corrected chi connectivity index (χ1v) is 15.1. The number of sulfone groups is 1. The molecule has 0 unspecified atom stereocenters. The van der Waals surface area contributed by atoms with Crippen LogP contribution in [0.4, 0.5) is 23.2 Å². The molecule has 2 heterocycles. The Balaban J connectivity index is 1.51. The number of benzene rings is 3. The number of anilines is 1. The lowest BCUT2D eigenvalue weighted by atomic mass is 9.94. The van der Waals surface area contributed by atoms with Gasteiger partial charge in [-0.05, 0) is 53.9 Å². The fraction of sp³-hybridized carbons (Fsp3) is 0.290. The highest BCUT2D eigenvalue weighted by atomic mass is 32.2. The highest BCUT2D eigenvalue weighted by Gasteiger charge is 2.32. The van der Waals surface area contributed by atoms with E-state index in [9.17, 15) is 21.6 Å². The second kappa shape index (κ2) is 11.3. The van der Waals surface area contributed by atoms with Crippen molar-refractivity contribution in [2.45, 2.75) is 30.5 Å². The Morgan fingerprint density at radius 1 is 1.10 bits per heavy atom. The van der Waals surface area contributed by atoms with Gasteiger partial charge in [-0.25, -0.2) is 12.8 Å². The van der Waals surface area contributed by atoms with Gasteiger partial charge in [0.05, 0.1) is 41.7 Å². The van der Waals surface area contributed by atoms with Gasteiger partial charge in [0.25, 0.3) is 0 Å². The normalized spacial score (nSPS) is 13.4. The molecule has 0 saturated carbocycles. The van der Waals surface area contributed by atoms with Gasteiger partial charge in [0, 0.05) is 42.6 Å². The van der Waals surface area contributed by atoms with E-state index in [0.717, 1.165) is 36.9 Å². The first-order chi connectivity index (χ1) is 19.9. The van der Waals surface area contributed by atoms with Gasteiger partial charge in [0.1, 0.15) is 11.6 Å². The van der Waals surface area contributed by atoms with Crippen LogP contribution in [0.5, 0.6) is 5.75 Å². The molecule has 0 aliphatic carbocycles. The maximum Gasteiger partial charge on any atom is 0.394 e. The minimum atomic E-state index is -4.50. The van der Waals surface area contributed by atoms with Crippen LogP contribution in [0.1, 0.15) is 22.4 Å². The summed E-state index contributed by atoms with van der Waals surface area (Å²) in [4.78, 5) is 0.0809. The number of halogens is 4. The predicted molar refractivity (Wildman–Crippen MR) is 155 cm³/mol. The summed E-state index contributed by atoms with van der Waals surface area (Å²) in [6.07, 6.45) is -3.83.